The van der Waals surface area contributed by atoms with Gasteiger partial charge in [0.25, 0.3) is 0 Å². The fourth-order valence-electron chi connectivity index (χ4n) is 1.93. The maximum absolute atomic E-state index is 13.7. The standard InChI is InChI=1S/C14H10FNS/c1-9-8-17-14(16-9)12-6-7-13(15)11-5-3-2-4-10(11)12/h2-8H,1H3. The van der Waals surface area contributed by atoms with E-state index in [0.717, 1.165) is 21.7 Å². The lowest BCUT2D eigenvalue weighted by Crippen LogP contribution is -1.84. The average Bonchev–Trinajstić information content (AvgIpc) is 2.77. The van der Waals surface area contributed by atoms with Gasteiger partial charge < -0.3 is 0 Å². The lowest BCUT2D eigenvalue weighted by atomic mass is 10.0. The van der Waals surface area contributed by atoms with Gasteiger partial charge in [-0.15, -0.1) is 11.3 Å². The predicted octanol–water partition coefficient (Wildman–Crippen LogP) is 4.41. The summed E-state index contributed by atoms with van der Waals surface area (Å²) in [7, 11) is 0. The van der Waals surface area contributed by atoms with Gasteiger partial charge in [-0.1, -0.05) is 24.3 Å². The first-order valence-electron chi connectivity index (χ1n) is 5.35. The van der Waals surface area contributed by atoms with Crippen molar-refractivity contribution in [2.24, 2.45) is 0 Å². The van der Waals surface area contributed by atoms with Gasteiger partial charge in [0.1, 0.15) is 10.8 Å². The quantitative estimate of drug-likeness (QED) is 0.617. The van der Waals surface area contributed by atoms with E-state index in [0.29, 0.717) is 5.39 Å². The molecule has 3 rings (SSSR count). The first-order chi connectivity index (χ1) is 8.25. The first-order valence-corrected chi connectivity index (χ1v) is 6.23. The molecule has 1 aromatic heterocycles. The van der Waals surface area contributed by atoms with Gasteiger partial charge >= 0.3 is 0 Å². The van der Waals surface area contributed by atoms with E-state index in [1.54, 1.807) is 23.5 Å². The molecule has 1 nitrogen and oxygen atoms in total. The topological polar surface area (TPSA) is 12.9 Å². The Morgan fingerprint density at radius 3 is 2.53 bits per heavy atom. The minimum Gasteiger partial charge on any atom is -0.241 e. The molecule has 0 bridgehead atoms. The van der Waals surface area contributed by atoms with Crippen LogP contribution in [-0.4, -0.2) is 4.98 Å². The summed E-state index contributed by atoms with van der Waals surface area (Å²) in [4.78, 5) is 4.46. The van der Waals surface area contributed by atoms with E-state index in [2.05, 4.69) is 4.98 Å². The van der Waals surface area contributed by atoms with Crippen molar-refractivity contribution in [3.05, 3.63) is 53.3 Å². The summed E-state index contributed by atoms with van der Waals surface area (Å²) in [5.74, 6) is -0.183. The van der Waals surface area contributed by atoms with Crippen molar-refractivity contribution in [3.8, 4) is 10.6 Å². The Morgan fingerprint density at radius 1 is 1.06 bits per heavy atom. The van der Waals surface area contributed by atoms with Crippen molar-refractivity contribution in [2.45, 2.75) is 6.92 Å². The maximum Gasteiger partial charge on any atom is 0.131 e. The second-order valence-corrected chi connectivity index (χ2v) is 4.79. The third-order valence-electron chi connectivity index (χ3n) is 2.72. The zero-order chi connectivity index (χ0) is 11.8. The van der Waals surface area contributed by atoms with Gasteiger partial charge in [-0.05, 0) is 24.4 Å². The smallest absolute Gasteiger partial charge is 0.131 e. The molecule has 0 radical (unpaired) electrons. The van der Waals surface area contributed by atoms with E-state index in [1.165, 1.54) is 6.07 Å². The summed E-state index contributed by atoms with van der Waals surface area (Å²) < 4.78 is 13.7. The first kappa shape index (κ1) is 10.4. The van der Waals surface area contributed by atoms with Gasteiger partial charge in [0.15, 0.2) is 0 Å². The Kier molecular flexibility index (Phi) is 2.41. The van der Waals surface area contributed by atoms with Crippen molar-refractivity contribution < 1.29 is 4.39 Å². The molecule has 2 aromatic carbocycles. The van der Waals surface area contributed by atoms with Crippen LogP contribution in [0.2, 0.25) is 0 Å². The van der Waals surface area contributed by atoms with Crippen LogP contribution in [0, 0.1) is 12.7 Å². The van der Waals surface area contributed by atoms with Crippen molar-refractivity contribution in [1.29, 1.82) is 0 Å². The van der Waals surface area contributed by atoms with E-state index in [9.17, 15) is 4.39 Å². The number of rotatable bonds is 1. The molecule has 0 aliphatic heterocycles. The highest BCUT2D eigenvalue weighted by atomic mass is 32.1. The zero-order valence-electron chi connectivity index (χ0n) is 9.27. The number of thiazole rings is 1. The molecule has 0 atom stereocenters. The lowest BCUT2D eigenvalue weighted by molar-refractivity contribution is 0.640. The van der Waals surface area contributed by atoms with Gasteiger partial charge in [0, 0.05) is 22.0 Å². The number of aromatic nitrogens is 1. The molecule has 0 amide bonds. The number of hydrogen-bond donors (Lipinski definition) is 0. The molecule has 0 fully saturated rings. The van der Waals surface area contributed by atoms with E-state index >= 15 is 0 Å². The molecule has 84 valence electrons. The van der Waals surface area contributed by atoms with Gasteiger partial charge in [0.2, 0.25) is 0 Å². The van der Waals surface area contributed by atoms with Crippen LogP contribution in [0.3, 0.4) is 0 Å². The van der Waals surface area contributed by atoms with Crippen LogP contribution in [-0.2, 0) is 0 Å². The third kappa shape index (κ3) is 1.72. The molecule has 3 aromatic rings. The Morgan fingerprint density at radius 2 is 1.82 bits per heavy atom. The third-order valence-corrected chi connectivity index (χ3v) is 3.71. The van der Waals surface area contributed by atoms with Crippen molar-refractivity contribution in [2.75, 3.05) is 0 Å². The minimum atomic E-state index is -0.183. The van der Waals surface area contributed by atoms with Crippen LogP contribution in [0.5, 0.6) is 0 Å². The number of benzene rings is 2. The highest BCUT2D eigenvalue weighted by molar-refractivity contribution is 7.13. The summed E-state index contributed by atoms with van der Waals surface area (Å²) >= 11 is 1.59. The highest BCUT2D eigenvalue weighted by Gasteiger charge is 2.09. The van der Waals surface area contributed by atoms with Crippen LogP contribution >= 0.6 is 11.3 Å². The van der Waals surface area contributed by atoms with Crippen LogP contribution < -0.4 is 0 Å². The number of aryl methyl sites for hydroxylation is 1. The summed E-state index contributed by atoms with van der Waals surface area (Å²) in [5, 5.41) is 4.52. The summed E-state index contributed by atoms with van der Waals surface area (Å²) in [6.07, 6.45) is 0. The van der Waals surface area contributed by atoms with Gasteiger partial charge in [-0.25, -0.2) is 9.37 Å². The van der Waals surface area contributed by atoms with E-state index in [-0.39, 0.29) is 5.82 Å². The van der Waals surface area contributed by atoms with Crippen LogP contribution in [0.25, 0.3) is 21.3 Å². The summed E-state index contributed by atoms with van der Waals surface area (Å²) in [5.41, 5.74) is 2.00. The molecular formula is C14H10FNS. The van der Waals surface area contributed by atoms with E-state index in [1.807, 2.05) is 30.5 Å². The Labute approximate surface area is 103 Å². The molecule has 0 N–H and O–H groups in total. The van der Waals surface area contributed by atoms with Gasteiger partial charge in [-0.2, -0.15) is 0 Å². The van der Waals surface area contributed by atoms with Gasteiger partial charge in [-0.3, -0.25) is 0 Å². The number of nitrogens with zero attached hydrogens (tertiary/aromatic N) is 1. The van der Waals surface area contributed by atoms with Crippen LogP contribution in [0.15, 0.2) is 41.8 Å². The molecule has 0 saturated heterocycles. The van der Waals surface area contributed by atoms with Gasteiger partial charge in [0.05, 0.1) is 0 Å². The summed E-state index contributed by atoms with van der Waals surface area (Å²) in [6.45, 7) is 1.96. The second kappa shape index (κ2) is 3.93. The lowest BCUT2D eigenvalue weighted by Gasteiger charge is -2.04. The van der Waals surface area contributed by atoms with Crippen LogP contribution in [0.4, 0.5) is 4.39 Å². The summed E-state index contributed by atoms with van der Waals surface area (Å²) in [6, 6.07) is 10.8. The number of hydrogen-bond acceptors (Lipinski definition) is 2. The molecule has 3 heteroatoms. The number of halogens is 1. The number of fused-ring (bicyclic) bond motifs is 1. The van der Waals surface area contributed by atoms with Crippen molar-refractivity contribution in [3.63, 3.8) is 0 Å². The molecule has 0 unspecified atom stereocenters. The van der Waals surface area contributed by atoms with E-state index in [4.69, 9.17) is 0 Å². The monoisotopic (exact) mass is 243 g/mol. The second-order valence-electron chi connectivity index (χ2n) is 3.93. The van der Waals surface area contributed by atoms with Crippen molar-refractivity contribution in [1.82, 2.24) is 4.98 Å². The van der Waals surface area contributed by atoms with E-state index < -0.39 is 0 Å². The molecule has 17 heavy (non-hydrogen) atoms. The molecule has 0 aliphatic rings. The predicted molar refractivity (Wildman–Crippen MR) is 69.8 cm³/mol. The Balaban J connectivity index is 2.34. The largest absolute Gasteiger partial charge is 0.241 e. The molecule has 1 heterocycles. The van der Waals surface area contributed by atoms with Crippen molar-refractivity contribution >= 4 is 22.1 Å². The molecule has 0 saturated carbocycles. The maximum atomic E-state index is 13.7. The fourth-order valence-corrected chi connectivity index (χ4v) is 2.76. The zero-order valence-corrected chi connectivity index (χ0v) is 10.1. The fraction of sp³-hybridized carbons (Fsp3) is 0.0714. The normalized spacial score (nSPS) is 10.9. The Hall–Kier alpha value is -1.74. The highest BCUT2D eigenvalue weighted by Crippen LogP contribution is 2.31. The molecular weight excluding hydrogens is 233 g/mol. The molecule has 0 spiro atoms. The SMILES string of the molecule is Cc1csc(-c2ccc(F)c3ccccc23)n1. The molecule has 0 aliphatic carbocycles. The minimum absolute atomic E-state index is 0.183. The van der Waals surface area contributed by atoms with Crippen LogP contribution in [0.1, 0.15) is 5.69 Å². The Bertz CT molecular complexity index is 688. The average molecular weight is 243 g/mol.